The monoisotopic (exact) mass is 283 g/mol. The van der Waals surface area contributed by atoms with Gasteiger partial charge in [0.1, 0.15) is 0 Å². The van der Waals surface area contributed by atoms with E-state index in [0.717, 1.165) is 5.56 Å². The van der Waals surface area contributed by atoms with Gasteiger partial charge in [-0.15, -0.1) is 0 Å². The van der Waals surface area contributed by atoms with E-state index in [9.17, 15) is 13.2 Å². The van der Waals surface area contributed by atoms with E-state index in [1.807, 2.05) is 19.0 Å². The first-order valence-electron chi connectivity index (χ1n) is 5.96. The zero-order valence-corrected chi connectivity index (χ0v) is 11.8. The van der Waals surface area contributed by atoms with Gasteiger partial charge in [0.2, 0.25) is 15.9 Å². The molecule has 1 heterocycles. The van der Waals surface area contributed by atoms with E-state index in [1.54, 1.807) is 12.1 Å². The average Bonchev–Trinajstić information content (AvgIpc) is 2.67. The SMILES string of the molecule is CN(C)CCNS(=O)(=O)c1ccc2c(c1)CC(=O)N2. The second kappa shape index (κ2) is 5.28. The highest BCUT2D eigenvalue weighted by atomic mass is 32.2. The maximum atomic E-state index is 12.1. The van der Waals surface area contributed by atoms with Crippen molar-refractivity contribution in [1.82, 2.24) is 9.62 Å². The Hall–Kier alpha value is -1.44. The number of nitrogens with one attached hydrogen (secondary N) is 2. The molecule has 0 atom stereocenters. The van der Waals surface area contributed by atoms with Gasteiger partial charge < -0.3 is 10.2 Å². The quantitative estimate of drug-likeness (QED) is 0.798. The van der Waals surface area contributed by atoms with Crippen LogP contribution in [0.15, 0.2) is 23.1 Å². The van der Waals surface area contributed by atoms with E-state index in [2.05, 4.69) is 10.0 Å². The van der Waals surface area contributed by atoms with Crippen LogP contribution < -0.4 is 10.0 Å². The normalized spacial score (nSPS) is 14.6. The molecule has 0 fully saturated rings. The highest BCUT2D eigenvalue weighted by Crippen LogP contribution is 2.25. The van der Waals surface area contributed by atoms with Crippen molar-refractivity contribution in [3.05, 3.63) is 23.8 Å². The second-order valence-corrected chi connectivity index (χ2v) is 6.51. The highest BCUT2D eigenvalue weighted by Gasteiger charge is 2.21. The number of sulfonamides is 1. The largest absolute Gasteiger partial charge is 0.326 e. The zero-order chi connectivity index (χ0) is 14.0. The summed E-state index contributed by atoms with van der Waals surface area (Å²) >= 11 is 0. The molecule has 2 N–H and O–H groups in total. The van der Waals surface area contributed by atoms with Crippen molar-refractivity contribution in [3.8, 4) is 0 Å². The maximum absolute atomic E-state index is 12.1. The third-order valence-corrected chi connectivity index (χ3v) is 4.32. The van der Waals surface area contributed by atoms with E-state index < -0.39 is 10.0 Å². The Kier molecular flexibility index (Phi) is 3.88. The van der Waals surface area contributed by atoms with E-state index in [4.69, 9.17) is 0 Å². The predicted octanol–water partition coefficient (Wildman–Crippen LogP) is 0.0211. The third-order valence-electron chi connectivity index (χ3n) is 2.86. The summed E-state index contributed by atoms with van der Waals surface area (Å²) in [5.74, 6) is -0.106. The molecule has 0 radical (unpaired) electrons. The summed E-state index contributed by atoms with van der Waals surface area (Å²) in [6.45, 7) is 0.980. The Labute approximate surface area is 112 Å². The number of carbonyl (C=O) groups is 1. The van der Waals surface area contributed by atoms with Crippen LogP contribution in [0.1, 0.15) is 5.56 Å². The van der Waals surface area contributed by atoms with Crippen LogP contribution in [0.25, 0.3) is 0 Å². The van der Waals surface area contributed by atoms with Crippen LogP contribution in [0.4, 0.5) is 5.69 Å². The first-order chi connectivity index (χ1) is 8.88. The minimum atomic E-state index is -3.51. The van der Waals surface area contributed by atoms with Crippen LogP contribution in [-0.2, 0) is 21.2 Å². The lowest BCUT2D eigenvalue weighted by Gasteiger charge is -2.11. The van der Waals surface area contributed by atoms with E-state index in [-0.39, 0.29) is 17.2 Å². The van der Waals surface area contributed by atoms with Gasteiger partial charge in [-0.05, 0) is 37.9 Å². The average molecular weight is 283 g/mol. The molecule has 7 heteroatoms. The summed E-state index contributed by atoms with van der Waals surface area (Å²) in [6, 6.07) is 4.67. The molecule has 1 aromatic rings. The second-order valence-electron chi connectivity index (χ2n) is 4.74. The molecule has 0 bridgehead atoms. The standard InChI is InChI=1S/C12H17N3O3S/c1-15(2)6-5-13-19(17,18)10-3-4-11-9(7-10)8-12(16)14-11/h3-4,7,13H,5-6,8H2,1-2H3,(H,14,16). The van der Waals surface area contributed by atoms with E-state index >= 15 is 0 Å². The molecule has 0 aromatic heterocycles. The molecule has 0 unspecified atom stereocenters. The fourth-order valence-electron chi connectivity index (χ4n) is 1.86. The van der Waals surface area contributed by atoms with Gasteiger partial charge >= 0.3 is 0 Å². The molecule has 1 aliphatic heterocycles. The van der Waals surface area contributed by atoms with Crippen LogP contribution in [0.5, 0.6) is 0 Å². The Morgan fingerprint density at radius 2 is 2.11 bits per heavy atom. The fourth-order valence-corrected chi connectivity index (χ4v) is 2.93. The van der Waals surface area contributed by atoms with Crippen molar-refractivity contribution in [3.63, 3.8) is 0 Å². The number of likely N-dealkylation sites (N-methyl/N-ethyl adjacent to an activating group) is 1. The van der Waals surface area contributed by atoms with Crippen LogP contribution in [0.2, 0.25) is 0 Å². The van der Waals surface area contributed by atoms with Crippen molar-refractivity contribution in [1.29, 1.82) is 0 Å². The number of rotatable bonds is 5. The van der Waals surface area contributed by atoms with Crippen molar-refractivity contribution >= 4 is 21.6 Å². The van der Waals surface area contributed by atoms with Gasteiger partial charge in [-0.3, -0.25) is 4.79 Å². The molecule has 0 spiro atoms. The summed E-state index contributed by atoms with van der Waals surface area (Å²) in [5.41, 5.74) is 1.41. The first-order valence-corrected chi connectivity index (χ1v) is 7.44. The van der Waals surface area contributed by atoms with Gasteiger partial charge in [0.05, 0.1) is 11.3 Å². The zero-order valence-electron chi connectivity index (χ0n) is 10.9. The fraction of sp³-hybridized carbons (Fsp3) is 0.417. The van der Waals surface area contributed by atoms with Gasteiger partial charge in [-0.2, -0.15) is 0 Å². The highest BCUT2D eigenvalue weighted by molar-refractivity contribution is 7.89. The smallest absolute Gasteiger partial charge is 0.240 e. The van der Waals surface area contributed by atoms with Crippen molar-refractivity contribution in [2.75, 3.05) is 32.5 Å². The third kappa shape index (κ3) is 3.31. The molecule has 0 saturated heterocycles. The number of amides is 1. The Morgan fingerprint density at radius 1 is 1.37 bits per heavy atom. The lowest BCUT2D eigenvalue weighted by atomic mass is 10.2. The maximum Gasteiger partial charge on any atom is 0.240 e. The topological polar surface area (TPSA) is 78.5 Å². The van der Waals surface area contributed by atoms with Gasteiger partial charge in [0, 0.05) is 18.8 Å². The number of hydrogen-bond acceptors (Lipinski definition) is 4. The van der Waals surface area contributed by atoms with Crippen LogP contribution in [0.3, 0.4) is 0 Å². The lowest BCUT2D eigenvalue weighted by Crippen LogP contribution is -2.31. The summed E-state index contributed by atoms with van der Waals surface area (Å²) in [6.07, 6.45) is 0.233. The Balaban J connectivity index is 2.13. The minimum Gasteiger partial charge on any atom is -0.326 e. The first kappa shape index (κ1) is 14.0. The van der Waals surface area contributed by atoms with E-state index in [0.29, 0.717) is 18.8 Å². The van der Waals surface area contributed by atoms with Gasteiger partial charge in [0.15, 0.2) is 0 Å². The Bertz CT molecular complexity index is 596. The van der Waals surface area contributed by atoms with E-state index in [1.165, 1.54) is 6.07 Å². The summed E-state index contributed by atoms with van der Waals surface area (Å²) < 4.78 is 26.7. The van der Waals surface area contributed by atoms with Crippen LogP contribution in [0, 0.1) is 0 Å². The summed E-state index contributed by atoms with van der Waals surface area (Å²) in [4.78, 5) is 13.3. The van der Waals surface area contributed by atoms with Crippen molar-refractivity contribution in [2.24, 2.45) is 0 Å². The molecular formula is C12H17N3O3S. The number of fused-ring (bicyclic) bond motifs is 1. The number of carbonyl (C=O) groups excluding carboxylic acids is 1. The molecule has 1 amide bonds. The van der Waals surface area contributed by atoms with Gasteiger partial charge in [0.25, 0.3) is 0 Å². The lowest BCUT2D eigenvalue weighted by molar-refractivity contribution is -0.115. The Morgan fingerprint density at radius 3 is 2.79 bits per heavy atom. The van der Waals surface area contributed by atoms with Gasteiger partial charge in [-0.25, -0.2) is 13.1 Å². The minimum absolute atomic E-state index is 0.106. The molecule has 104 valence electrons. The molecule has 1 aromatic carbocycles. The number of hydrogen-bond donors (Lipinski definition) is 2. The molecule has 2 rings (SSSR count). The number of nitrogens with zero attached hydrogens (tertiary/aromatic N) is 1. The number of anilines is 1. The molecular weight excluding hydrogens is 266 g/mol. The van der Waals surface area contributed by atoms with Crippen LogP contribution >= 0.6 is 0 Å². The van der Waals surface area contributed by atoms with Gasteiger partial charge in [-0.1, -0.05) is 0 Å². The summed E-state index contributed by atoms with van der Waals surface area (Å²) in [5, 5.41) is 2.67. The summed E-state index contributed by atoms with van der Waals surface area (Å²) in [7, 11) is 0.241. The molecule has 0 aliphatic carbocycles. The van der Waals surface area contributed by atoms with Crippen molar-refractivity contribution < 1.29 is 13.2 Å². The molecule has 6 nitrogen and oxygen atoms in total. The van der Waals surface area contributed by atoms with Crippen molar-refractivity contribution in [2.45, 2.75) is 11.3 Å². The molecule has 0 saturated carbocycles. The molecule has 19 heavy (non-hydrogen) atoms. The predicted molar refractivity (Wildman–Crippen MR) is 72.5 cm³/mol. The number of benzene rings is 1. The van der Waals surface area contributed by atoms with Crippen LogP contribution in [-0.4, -0.2) is 46.4 Å². The molecule has 1 aliphatic rings.